The molecule has 3 aromatic rings. The van der Waals surface area contributed by atoms with Crippen LogP contribution in [0.5, 0.6) is 17.2 Å². The molecule has 0 bridgehead atoms. The van der Waals surface area contributed by atoms with E-state index < -0.39 is 0 Å². The minimum atomic E-state index is -0.383. The quantitative estimate of drug-likeness (QED) is 0.567. The monoisotopic (exact) mass is 447 g/mol. The highest BCUT2D eigenvalue weighted by molar-refractivity contribution is 5.61. The van der Waals surface area contributed by atoms with Gasteiger partial charge in [-0.25, -0.2) is 4.39 Å². The van der Waals surface area contributed by atoms with E-state index in [0.717, 1.165) is 33.8 Å². The molecule has 1 unspecified atom stereocenters. The highest BCUT2D eigenvalue weighted by Gasteiger charge is 2.26. The van der Waals surface area contributed by atoms with E-state index in [9.17, 15) is 5.11 Å². The smallest absolute Gasteiger partial charge is 0.231 e. The van der Waals surface area contributed by atoms with E-state index in [2.05, 4.69) is 5.32 Å². The molecule has 2 heterocycles. The third-order valence-corrected chi connectivity index (χ3v) is 6.13. The van der Waals surface area contributed by atoms with Crippen LogP contribution in [0.2, 0.25) is 0 Å². The van der Waals surface area contributed by atoms with Gasteiger partial charge >= 0.3 is 0 Å². The van der Waals surface area contributed by atoms with Crippen LogP contribution in [-0.4, -0.2) is 18.4 Å². The van der Waals surface area contributed by atoms with Gasteiger partial charge in [-0.3, -0.25) is 0 Å². The van der Waals surface area contributed by atoms with Gasteiger partial charge in [-0.2, -0.15) is 0 Å². The van der Waals surface area contributed by atoms with Crippen LogP contribution in [0.3, 0.4) is 0 Å². The molecule has 170 valence electrons. The first kappa shape index (κ1) is 21.5. The number of nitrogens with one attached hydrogen (secondary N) is 1. The zero-order chi connectivity index (χ0) is 22.8. The van der Waals surface area contributed by atoms with Crippen LogP contribution in [0.25, 0.3) is 6.08 Å². The molecular weight excluding hydrogens is 421 g/mol. The van der Waals surface area contributed by atoms with E-state index in [-0.39, 0.29) is 37.6 Å². The zero-order valence-corrected chi connectivity index (χ0v) is 18.4. The van der Waals surface area contributed by atoms with Crippen LogP contribution in [0.1, 0.15) is 39.4 Å². The lowest BCUT2D eigenvalue weighted by atomic mass is 9.90. The van der Waals surface area contributed by atoms with Crippen LogP contribution in [-0.2, 0) is 19.6 Å². The average molecular weight is 448 g/mol. The first-order valence-electron chi connectivity index (χ1n) is 11.1. The molecule has 6 heteroatoms. The van der Waals surface area contributed by atoms with E-state index in [4.69, 9.17) is 14.2 Å². The summed E-state index contributed by atoms with van der Waals surface area (Å²) in [6.45, 7) is 2.84. The van der Waals surface area contributed by atoms with Gasteiger partial charge in [-0.1, -0.05) is 42.5 Å². The van der Waals surface area contributed by atoms with Crippen molar-refractivity contribution in [2.75, 3.05) is 13.3 Å². The number of aryl methyl sites for hydroxylation is 1. The largest absolute Gasteiger partial charge is 0.485 e. The summed E-state index contributed by atoms with van der Waals surface area (Å²) in [7, 11) is 0. The summed E-state index contributed by atoms with van der Waals surface area (Å²) in [4.78, 5) is 0. The summed E-state index contributed by atoms with van der Waals surface area (Å²) in [5.41, 5.74) is 4.93. The number of aliphatic hydroxyl groups is 1. The number of fused-ring (bicyclic) bond motifs is 2. The Hall–Kier alpha value is -3.35. The summed E-state index contributed by atoms with van der Waals surface area (Å²) >= 11 is 0. The predicted octanol–water partition coefficient (Wildman–Crippen LogP) is 4.83. The van der Waals surface area contributed by atoms with E-state index in [1.54, 1.807) is 0 Å². The molecule has 0 fully saturated rings. The minimum Gasteiger partial charge on any atom is -0.485 e. The summed E-state index contributed by atoms with van der Waals surface area (Å²) < 4.78 is 32.3. The normalized spacial score (nSPS) is 16.8. The van der Waals surface area contributed by atoms with Crippen LogP contribution < -0.4 is 19.5 Å². The van der Waals surface area contributed by atoms with Crippen molar-refractivity contribution in [3.8, 4) is 17.2 Å². The summed E-state index contributed by atoms with van der Waals surface area (Å²) in [5, 5.41) is 13.4. The van der Waals surface area contributed by atoms with E-state index >= 15 is 4.39 Å². The highest BCUT2D eigenvalue weighted by atomic mass is 19.1. The number of rotatable bonds is 6. The second-order valence-corrected chi connectivity index (χ2v) is 8.28. The number of ether oxygens (including phenoxy) is 3. The van der Waals surface area contributed by atoms with Crippen molar-refractivity contribution >= 4 is 6.08 Å². The lowest BCUT2D eigenvalue weighted by Crippen LogP contribution is -2.29. The lowest BCUT2D eigenvalue weighted by Gasteiger charge is -2.27. The topological polar surface area (TPSA) is 60.0 Å². The summed E-state index contributed by atoms with van der Waals surface area (Å²) in [6.07, 6.45) is 4.59. The molecule has 1 atom stereocenters. The Labute approximate surface area is 192 Å². The molecule has 2 aliphatic rings. The van der Waals surface area contributed by atoms with Gasteiger partial charge in [0.25, 0.3) is 0 Å². The third kappa shape index (κ3) is 4.32. The fraction of sp³-hybridized carbons (Fsp3) is 0.259. The molecule has 0 amide bonds. The molecule has 2 aliphatic heterocycles. The molecule has 0 spiro atoms. The van der Waals surface area contributed by atoms with Crippen LogP contribution >= 0.6 is 0 Å². The van der Waals surface area contributed by atoms with E-state index in [1.165, 1.54) is 0 Å². The lowest BCUT2D eigenvalue weighted by molar-refractivity contribution is 0.174. The summed E-state index contributed by atoms with van der Waals surface area (Å²) in [6, 6.07) is 15.2. The van der Waals surface area contributed by atoms with Crippen molar-refractivity contribution in [2.45, 2.75) is 32.6 Å². The highest BCUT2D eigenvalue weighted by Crippen LogP contribution is 2.37. The van der Waals surface area contributed by atoms with Crippen molar-refractivity contribution in [2.24, 2.45) is 0 Å². The SMILES string of the molecule is Cc1cc2c(cc1/C=C/C1NCCc3c1cc(CO)c(OCc1ccccc1)c3F)OCO2. The van der Waals surface area contributed by atoms with Crippen molar-refractivity contribution < 1.29 is 23.7 Å². The molecule has 0 radical (unpaired) electrons. The van der Waals surface area contributed by atoms with Gasteiger partial charge < -0.3 is 24.6 Å². The van der Waals surface area contributed by atoms with Crippen molar-refractivity contribution in [3.05, 3.63) is 93.8 Å². The second kappa shape index (κ2) is 9.25. The molecule has 5 rings (SSSR count). The van der Waals surface area contributed by atoms with Crippen LogP contribution in [0, 0.1) is 12.7 Å². The van der Waals surface area contributed by atoms with Crippen molar-refractivity contribution in [1.29, 1.82) is 0 Å². The second-order valence-electron chi connectivity index (χ2n) is 8.28. The number of hydrogen-bond acceptors (Lipinski definition) is 5. The maximum Gasteiger partial charge on any atom is 0.231 e. The van der Waals surface area contributed by atoms with Crippen molar-refractivity contribution in [1.82, 2.24) is 5.32 Å². The summed E-state index contributed by atoms with van der Waals surface area (Å²) in [5.74, 6) is 1.23. The molecular formula is C27H26FNO4. The molecule has 2 N–H and O–H groups in total. The van der Waals surface area contributed by atoms with Gasteiger partial charge in [0, 0.05) is 12.1 Å². The first-order valence-corrected chi connectivity index (χ1v) is 11.1. The molecule has 5 nitrogen and oxygen atoms in total. The van der Waals surface area contributed by atoms with Gasteiger partial charge in [-0.15, -0.1) is 0 Å². The molecule has 33 heavy (non-hydrogen) atoms. The average Bonchev–Trinajstić information content (AvgIpc) is 3.29. The zero-order valence-electron chi connectivity index (χ0n) is 18.4. The van der Waals surface area contributed by atoms with Gasteiger partial charge in [0.2, 0.25) is 6.79 Å². The molecule has 0 aliphatic carbocycles. The van der Waals surface area contributed by atoms with Gasteiger partial charge in [0.05, 0.1) is 12.6 Å². The Morgan fingerprint density at radius 1 is 1.15 bits per heavy atom. The predicted molar refractivity (Wildman–Crippen MR) is 124 cm³/mol. The fourth-order valence-corrected chi connectivity index (χ4v) is 4.35. The van der Waals surface area contributed by atoms with E-state index in [0.29, 0.717) is 24.1 Å². The fourth-order valence-electron chi connectivity index (χ4n) is 4.35. The Kier molecular flexibility index (Phi) is 6.03. The Bertz CT molecular complexity index is 1190. The number of hydrogen-bond donors (Lipinski definition) is 2. The Morgan fingerprint density at radius 3 is 2.73 bits per heavy atom. The third-order valence-electron chi connectivity index (χ3n) is 6.13. The van der Waals surface area contributed by atoms with Gasteiger partial charge in [0.15, 0.2) is 23.1 Å². The Morgan fingerprint density at radius 2 is 1.94 bits per heavy atom. The van der Waals surface area contributed by atoms with Gasteiger partial charge in [-0.05, 0) is 59.4 Å². The first-order chi connectivity index (χ1) is 16.1. The number of benzene rings is 3. The van der Waals surface area contributed by atoms with Crippen molar-refractivity contribution in [3.63, 3.8) is 0 Å². The Balaban J connectivity index is 1.43. The maximum absolute atomic E-state index is 15.5. The number of halogens is 1. The number of aliphatic hydroxyl groups excluding tert-OH is 1. The molecule has 0 saturated heterocycles. The molecule has 3 aromatic carbocycles. The molecule has 0 aromatic heterocycles. The van der Waals surface area contributed by atoms with Crippen LogP contribution in [0.15, 0.2) is 54.6 Å². The van der Waals surface area contributed by atoms with E-state index in [1.807, 2.05) is 67.6 Å². The minimum absolute atomic E-state index is 0.136. The standard InChI is InChI=1S/C27H26FNO4/c1-17-11-24-25(33-16-32-24)13-19(17)7-8-23-22-12-20(14-30)27(26(28)21(22)9-10-29-23)31-15-18-5-3-2-4-6-18/h2-8,11-13,23,29-30H,9-10,14-16H2,1H3/b8-7+. The van der Waals surface area contributed by atoms with Gasteiger partial charge in [0.1, 0.15) is 6.61 Å². The maximum atomic E-state index is 15.5. The molecule has 0 saturated carbocycles. The van der Waals surface area contributed by atoms with Crippen LogP contribution in [0.4, 0.5) is 4.39 Å².